The van der Waals surface area contributed by atoms with Crippen molar-refractivity contribution in [3.63, 3.8) is 0 Å². The molecule has 11 heteroatoms. The van der Waals surface area contributed by atoms with Gasteiger partial charge in [-0.15, -0.1) is 11.3 Å². The van der Waals surface area contributed by atoms with Gasteiger partial charge in [-0.1, -0.05) is 6.07 Å². The molecule has 0 atom stereocenters. The van der Waals surface area contributed by atoms with Gasteiger partial charge in [-0.05, 0) is 41.8 Å². The van der Waals surface area contributed by atoms with Crippen molar-refractivity contribution < 1.29 is 22.8 Å². The van der Waals surface area contributed by atoms with Crippen molar-refractivity contribution in [1.29, 1.82) is 0 Å². The van der Waals surface area contributed by atoms with E-state index >= 15 is 0 Å². The molecule has 3 heterocycles. The smallest absolute Gasteiger partial charge is 0.326 e. The molecule has 0 fully saturated rings. The maximum Gasteiger partial charge on any atom is 0.433 e. The fourth-order valence-corrected chi connectivity index (χ4v) is 3.56. The number of halogens is 3. The third-order valence-electron chi connectivity index (χ3n) is 4.19. The Morgan fingerprint density at radius 3 is 2.29 bits per heavy atom. The number of fused-ring (bicyclic) bond motifs is 1. The number of nitrogens with zero attached hydrogens (tertiary/aromatic N) is 3. The van der Waals surface area contributed by atoms with Gasteiger partial charge in [0.2, 0.25) is 5.91 Å². The molecule has 0 bridgehead atoms. The average molecular weight is 445 g/mol. The van der Waals surface area contributed by atoms with E-state index in [4.69, 9.17) is 0 Å². The van der Waals surface area contributed by atoms with E-state index in [2.05, 4.69) is 20.7 Å². The van der Waals surface area contributed by atoms with E-state index < -0.39 is 17.8 Å². The van der Waals surface area contributed by atoms with Crippen LogP contribution in [0.3, 0.4) is 0 Å². The molecule has 4 aromatic rings. The molecule has 0 spiro atoms. The number of benzene rings is 1. The third kappa shape index (κ3) is 4.40. The highest BCUT2D eigenvalue weighted by molar-refractivity contribution is 7.13. The van der Waals surface area contributed by atoms with E-state index in [0.717, 1.165) is 6.07 Å². The van der Waals surface area contributed by atoms with E-state index in [1.807, 2.05) is 0 Å². The first-order chi connectivity index (χ1) is 14.7. The van der Waals surface area contributed by atoms with Crippen molar-refractivity contribution in [2.75, 3.05) is 10.6 Å². The summed E-state index contributed by atoms with van der Waals surface area (Å²) in [4.78, 5) is 28.4. The molecule has 0 unspecified atom stereocenters. The standard InChI is InChI=1S/C20H14F3N5O2S/c1-11(29)24-12-4-6-13(7-5-12)25-19(30)15-10-18-26-14(16-3-2-8-31-16)9-17(20(21,22)23)28(18)27-15/h2-10H,1H3,(H,24,29)(H,25,30). The average Bonchev–Trinajstić information content (AvgIpc) is 3.37. The molecule has 1 aromatic carbocycles. The molecule has 0 aliphatic heterocycles. The first kappa shape index (κ1) is 20.5. The number of thiophene rings is 1. The topological polar surface area (TPSA) is 88.4 Å². The quantitative estimate of drug-likeness (QED) is 0.477. The minimum absolute atomic E-state index is 0.0932. The predicted molar refractivity (Wildman–Crippen MR) is 110 cm³/mol. The summed E-state index contributed by atoms with van der Waals surface area (Å²) < 4.78 is 41.4. The van der Waals surface area contributed by atoms with Crippen LogP contribution >= 0.6 is 11.3 Å². The highest BCUT2D eigenvalue weighted by Crippen LogP contribution is 2.33. The van der Waals surface area contributed by atoms with E-state index in [-0.39, 0.29) is 22.9 Å². The highest BCUT2D eigenvalue weighted by atomic mass is 32.1. The van der Waals surface area contributed by atoms with Gasteiger partial charge in [-0.25, -0.2) is 9.50 Å². The van der Waals surface area contributed by atoms with Crippen LogP contribution in [0.4, 0.5) is 24.5 Å². The lowest BCUT2D eigenvalue weighted by molar-refractivity contribution is -0.142. The normalized spacial score (nSPS) is 11.5. The molecular weight excluding hydrogens is 431 g/mol. The number of anilines is 2. The fourth-order valence-electron chi connectivity index (χ4n) is 2.87. The van der Waals surface area contributed by atoms with Crippen molar-refractivity contribution in [2.24, 2.45) is 0 Å². The van der Waals surface area contributed by atoms with Crippen LogP contribution in [-0.2, 0) is 11.0 Å². The van der Waals surface area contributed by atoms with Crippen LogP contribution in [-0.4, -0.2) is 26.4 Å². The van der Waals surface area contributed by atoms with Crippen LogP contribution in [0.15, 0.2) is 53.9 Å². The summed E-state index contributed by atoms with van der Waals surface area (Å²) in [5.41, 5.74) is -0.260. The van der Waals surface area contributed by atoms with Gasteiger partial charge in [0.05, 0.1) is 10.6 Å². The molecule has 0 saturated carbocycles. The molecule has 2 N–H and O–H groups in total. The summed E-state index contributed by atoms with van der Waals surface area (Å²) in [5, 5.41) is 10.7. The van der Waals surface area contributed by atoms with Crippen LogP contribution in [0.5, 0.6) is 0 Å². The zero-order valence-electron chi connectivity index (χ0n) is 15.9. The minimum atomic E-state index is -4.69. The Labute approximate surface area is 177 Å². The number of aromatic nitrogens is 3. The number of hydrogen-bond acceptors (Lipinski definition) is 5. The summed E-state index contributed by atoms with van der Waals surface area (Å²) in [6, 6.07) is 11.8. The monoisotopic (exact) mass is 445 g/mol. The Morgan fingerprint density at radius 2 is 1.71 bits per heavy atom. The van der Waals surface area contributed by atoms with Crippen molar-refractivity contribution in [2.45, 2.75) is 13.1 Å². The largest absolute Gasteiger partial charge is 0.433 e. The number of carbonyl (C=O) groups excluding carboxylic acids is 2. The number of carbonyl (C=O) groups is 2. The van der Waals surface area contributed by atoms with Crippen LogP contribution in [0.2, 0.25) is 0 Å². The van der Waals surface area contributed by atoms with Crippen LogP contribution < -0.4 is 10.6 Å². The molecule has 158 valence electrons. The fraction of sp³-hybridized carbons (Fsp3) is 0.100. The predicted octanol–water partition coefficient (Wildman–Crippen LogP) is 4.69. The number of alkyl halides is 3. The van der Waals surface area contributed by atoms with Crippen molar-refractivity contribution in [1.82, 2.24) is 14.6 Å². The van der Waals surface area contributed by atoms with Gasteiger partial charge in [0.1, 0.15) is 0 Å². The Kier molecular flexibility index (Phi) is 5.19. The first-order valence-electron chi connectivity index (χ1n) is 8.91. The molecule has 0 aliphatic carbocycles. The minimum Gasteiger partial charge on any atom is -0.326 e. The zero-order valence-corrected chi connectivity index (χ0v) is 16.7. The zero-order chi connectivity index (χ0) is 22.2. The van der Waals surface area contributed by atoms with Gasteiger partial charge in [-0.2, -0.15) is 18.3 Å². The van der Waals surface area contributed by atoms with Gasteiger partial charge < -0.3 is 10.6 Å². The van der Waals surface area contributed by atoms with Gasteiger partial charge in [0.15, 0.2) is 17.0 Å². The molecule has 4 rings (SSSR count). The Bertz CT molecular complexity index is 1260. The van der Waals surface area contributed by atoms with E-state index in [0.29, 0.717) is 20.8 Å². The summed E-state index contributed by atoms with van der Waals surface area (Å²) >= 11 is 1.26. The lowest BCUT2D eigenvalue weighted by Gasteiger charge is -2.10. The van der Waals surface area contributed by atoms with E-state index in [1.54, 1.807) is 41.8 Å². The Morgan fingerprint density at radius 1 is 1.03 bits per heavy atom. The van der Waals surface area contributed by atoms with Crippen LogP contribution in [0.1, 0.15) is 23.1 Å². The second-order valence-electron chi connectivity index (χ2n) is 6.51. The van der Waals surface area contributed by atoms with Gasteiger partial charge in [-0.3, -0.25) is 9.59 Å². The number of nitrogens with one attached hydrogen (secondary N) is 2. The second-order valence-corrected chi connectivity index (χ2v) is 7.46. The second kappa shape index (κ2) is 7.84. The van der Waals surface area contributed by atoms with Crippen molar-refractivity contribution in [3.05, 3.63) is 65.3 Å². The number of amides is 2. The van der Waals surface area contributed by atoms with Crippen molar-refractivity contribution in [3.8, 4) is 10.6 Å². The summed E-state index contributed by atoms with van der Waals surface area (Å²) in [7, 11) is 0. The molecule has 0 saturated heterocycles. The molecular formula is C20H14F3N5O2S. The lowest BCUT2D eigenvalue weighted by Crippen LogP contribution is -2.15. The van der Waals surface area contributed by atoms with Crippen LogP contribution in [0, 0.1) is 0 Å². The maximum absolute atomic E-state index is 13.6. The lowest BCUT2D eigenvalue weighted by atomic mass is 10.2. The Balaban J connectivity index is 1.66. The molecule has 31 heavy (non-hydrogen) atoms. The SMILES string of the molecule is CC(=O)Nc1ccc(NC(=O)c2cc3nc(-c4cccs4)cc(C(F)(F)F)n3n2)cc1. The van der Waals surface area contributed by atoms with Crippen LogP contribution in [0.25, 0.3) is 16.2 Å². The Hall–Kier alpha value is -3.73. The molecule has 0 radical (unpaired) electrons. The molecule has 2 amide bonds. The number of hydrogen-bond donors (Lipinski definition) is 2. The molecule has 0 aliphatic rings. The number of rotatable bonds is 4. The molecule has 7 nitrogen and oxygen atoms in total. The molecule has 3 aromatic heterocycles. The van der Waals surface area contributed by atoms with Gasteiger partial charge in [0.25, 0.3) is 5.91 Å². The van der Waals surface area contributed by atoms with Gasteiger partial charge in [0, 0.05) is 24.4 Å². The highest BCUT2D eigenvalue weighted by Gasteiger charge is 2.35. The maximum atomic E-state index is 13.6. The summed E-state index contributed by atoms with van der Waals surface area (Å²) in [5.74, 6) is -0.931. The first-order valence-corrected chi connectivity index (χ1v) is 9.79. The van der Waals surface area contributed by atoms with E-state index in [1.165, 1.54) is 24.3 Å². The third-order valence-corrected chi connectivity index (χ3v) is 5.08. The summed E-state index contributed by atoms with van der Waals surface area (Å²) in [6.07, 6.45) is -4.69. The summed E-state index contributed by atoms with van der Waals surface area (Å²) in [6.45, 7) is 1.37. The van der Waals surface area contributed by atoms with Gasteiger partial charge >= 0.3 is 6.18 Å². The van der Waals surface area contributed by atoms with E-state index in [9.17, 15) is 22.8 Å². The van der Waals surface area contributed by atoms with Crippen molar-refractivity contribution >= 4 is 40.2 Å².